The molecule has 2 aliphatic heterocycles. The van der Waals surface area contributed by atoms with Gasteiger partial charge in [0.05, 0.1) is 12.5 Å². The monoisotopic (exact) mass is 481 g/mol. The molecule has 0 radical (unpaired) electrons. The van der Waals surface area contributed by atoms with Crippen LogP contribution < -0.4 is 9.80 Å². The van der Waals surface area contributed by atoms with E-state index in [4.69, 9.17) is 0 Å². The lowest BCUT2D eigenvalue weighted by Gasteiger charge is -2.33. The predicted octanol–water partition coefficient (Wildman–Crippen LogP) is 3.40. The molecule has 7 nitrogen and oxygen atoms in total. The zero-order valence-electron chi connectivity index (χ0n) is 21.2. The molecule has 188 valence electrons. The lowest BCUT2D eigenvalue weighted by molar-refractivity contribution is -0.138. The van der Waals surface area contributed by atoms with Crippen LogP contribution in [0.5, 0.6) is 0 Å². The summed E-state index contributed by atoms with van der Waals surface area (Å²) < 4.78 is 13.6. The second-order valence-electron chi connectivity index (χ2n) is 10.7. The highest BCUT2D eigenvalue weighted by Gasteiger charge is 2.37. The third kappa shape index (κ3) is 5.99. The maximum absolute atomic E-state index is 13.7. The van der Waals surface area contributed by atoms with Gasteiger partial charge in [0.2, 0.25) is 11.8 Å². The standard InChI is InChI=1S/C27H36FN5O2/c1-27(2,3)26(35)32-12-11-21(19-32)25(34)33(23-8-6-22(28)7-9-23)18-20-5-10-24(29-17-20)31-15-13-30(4)14-16-31/h5-10,17,21H,11-16,18-19H2,1-4H3/t21-/m0/s1. The molecule has 1 aromatic carbocycles. The largest absolute Gasteiger partial charge is 0.354 e. The van der Waals surface area contributed by atoms with Crippen molar-refractivity contribution in [2.24, 2.45) is 11.3 Å². The molecule has 2 aromatic rings. The molecule has 35 heavy (non-hydrogen) atoms. The summed E-state index contributed by atoms with van der Waals surface area (Å²) >= 11 is 0. The molecule has 2 amide bonds. The van der Waals surface area contributed by atoms with E-state index in [9.17, 15) is 14.0 Å². The molecular weight excluding hydrogens is 445 g/mol. The molecule has 1 aromatic heterocycles. The van der Waals surface area contributed by atoms with Crippen LogP contribution in [0.3, 0.4) is 0 Å². The van der Waals surface area contributed by atoms with E-state index in [0.29, 0.717) is 31.7 Å². The van der Waals surface area contributed by atoms with Crippen LogP contribution in [0.25, 0.3) is 0 Å². The molecule has 0 unspecified atom stereocenters. The number of halogens is 1. The summed E-state index contributed by atoms with van der Waals surface area (Å²) in [6.07, 6.45) is 2.44. The van der Waals surface area contributed by atoms with E-state index in [-0.39, 0.29) is 23.5 Å². The number of nitrogens with zero attached hydrogens (tertiary/aromatic N) is 5. The van der Waals surface area contributed by atoms with Crippen molar-refractivity contribution in [3.63, 3.8) is 0 Å². The fourth-order valence-electron chi connectivity index (χ4n) is 4.67. The first kappa shape index (κ1) is 25.1. The van der Waals surface area contributed by atoms with Crippen LogP contribution in [0.1, 0.15) is 32.8 Å². The molecule has 0 aliphatic carbocycles. The number of benzene rings is 1. The third-order valence-electron chi connectivity index (χ3n) is 6.85. The summed E-state index contributed by atoms with van der Waals surface area (Å²) in [4.78, 5) is 39.1. The summed E-state index contributed by atoms with van der Waals surface area (Å²) in [6, 6.07) is 10.0. The highest BCUT2D eigenvalue weighted by molar-refractivity contribution is 5.96. The lowest BCUT2D eigenvalue weighted by Crippen LogP contribution is -2.44. The van der Waals surface area contributed by atoms with E-state index in [2.05, 4.69) is 21.8 Å². The highest BCUT2D eigenvalue weighted by atomic mass is 19.1. The van der Waals surface area contributed by atoms with Crippen LogP contribution in [-0.2, 0) is 16.1 Å². The molecule has 0 bridgehead atoms. The topological polar surface area (TPSA) is 60.0 Å². The summed E-state index contributed by atoms with van der Waals surface area (Å²) in [5, 5.41) is 0. The van der Waals surface area contributed by atoms with Gasteiger partial charge in [-0.1, -0.05) is 26.8 Å². The fraction of sp³-hybridized carbons (Fsp3) is 0.519. The minimum atomic E-state index is -0.480. The molecule has 2 fully saturated rings. The SMILES string of the molecule is CN1CCN(c2ccc(CN(C(=O)[C@H]3CCN(C(=O)C(C)(C)C)C3)c3ccc(F)cc3)cn2)CC1. The number of rotatable bonds is 5. The number of likely N-dealkylation sites (tertiary alicyclic amines) is 1. The number of carbonyl (C=O) groups is 2. The van der Waals surface area contributed by atoms with Gasteiger partial charge in [0.1, 0.15) is 11.6 Å². The van der Waals surface area contributed by atoms with Crippen LogP contribution in [0.4, 0.5) is 15.9 Å². The molecule has 4 rings (SSSR count). The van der Waals surface area contributed by atoms with Crippen LogP contribution in [0.2, 0.25) is 0 Å². The van der Waals surface area contributed by atoms with Crippen molar-refractivity contribution in [1.29, 1.82) is 0 Å². The Bertz CT molecular complexity index is 1030. The van der Waals surface area contributed by atoms with Gasteiger partial charge in [0.25, 0.3) is 0 Å². The average molecular weight is 482 g/mol. The zero-order valence-corrected chi connectivity index (χ0v) is 21.2. The quantitative estimate of drug-likeness (QED) is 0.655. The molecule has 0 N–H and O–H groups in total. The van der Waals surface area contributed by atoms with Gasteiger partial charge < -0.3 is 19.6 Å². The third-order valence-corrected chi connectivity index (χ3v) is 6.85. The van der Waals surface area contributed by atoms with Crippen molar-refractivity contribution in [1.82, 2.24) is 14.8 Å². The van der Waals surface area contributed by atoms with Gasteiger partial charge in [0, 0.05) is 56.6 Å². The molecule has 0 spiro atoms. The van der Waals surface area contributed by atoms with E-state index in [1.807, 2.05) is 39.1 Å². The average Bonchev–Trinajstić information content (AvgIpc) is 3.33. The fourth-order valence-corrected chi connectivity index (χ4v) is 4.67. The van der Waals surface area contributed by atoms with Crippen molar-refractivity contribution in [2.45, 2.75) is 33.7 Å². The normalized spacial score (nSPS) is 19.2. The molecule has 3 heterocycles. The molecule has 2 aliphatic rings. The lowest BCUT2D eigenvalue weighted by atomic mass is 9.95. The van der Waals surface area contributed by atoms with Crippen molar-refractivity contribution < 1.29 is 14.0 Å². The van der Waals surface area contributed by atoms with Gasteiger partial charge >= 0.3 is 0 Å². The van der Waals surface area contributed by atoms with Gasteiger partial charge in [-0.15, -0.1) is 0 Å². The van der Waals surface area contributed by atoms with E-state index in [0.717, 1.165) is 37.6 Å². The van der Waals surface area contributed by atoms with Gasteiger partial charge in [-0.05, 0) is 49.4 Å². The van der Waals surface area contributed by atoms with Gasteiger partial charge in [0.15, 0.2) is 0 Å². The first-order chi connectivity index (χ1) is 16.6. The second-order valence-corrected chi connectivity index (χ2v) is 10.7. The number of hydrogen-bond acceptors (Lipinski definition) is 5. The Morgan fingerprint density at radius 2 is 1.71 bits per heavy atom. The Morgan fingerprint density at radius 3 is 2.31 bits per heavy atom. The summed E-state index contributed by atoms with van der Waals surface area (Å²) in [5.41, 5.74) is 1.06. The number of hydrogen-bond donors (Lipinski definition) is 0. The van der Waals surface area contributed by atoms with Gasteiger partial charge in [-0.2, -0.15) is 0 Å². The van der Waals surface area contributed by atoms with E-state index >= 15 is 0 Å². The molecule has 2 saturated heterocycles. The Morgan fingerprint density at radius 1 is 1.03 bits per heavy atom. The first-order valence-corrected chi connectivity index (χ1v) is 12.4. The Labute approximate surface area is 207 Å². The van der Waals surface area contributed by atoms with Crippen LogP contribution in [0, 0.1) is 17.2 Å². The number of anilines is 2. The van der Waals surface area contributed by atoms with Crippen LogP contribution >= 0.6 is 0 Å². The molecule has 0 saturated carbocycles. The van der Waals surface area contributed by atoms with Crippen LogP contribution in [-0.4, -0.2) is 72.9 Å². The first-order valence-electron chi connectivity index (χ1n) is 12.4. The Kier molecular flexibility index (Phi) is 7.40. The van der Waals surface area contributed by atoms with E-state index < -0.39 is 5.41 Å². The van der Waals surface area contributed by atoms with E-state index in [1.54, 1.807) is 21.9 Å². The molecule has 1 atom stereocenters. The zero-order chi connectivity index (χ0) is 25.2. The number of carbonyl (C=O) groups excluding carboxylic acids is 2. The van der Waals surface area contributed by atoms with Crippen molar-refractivity contribution in [3.05, 3.63) is 54.0 Å². The minimum absolute atomic E-state index is 0.0519. The van der Waals surface area contributed by atoms with E-state index in [1.165, 1.54) is 12.1 Å². The molecular formula is C27H36FN5O2. The predicted molar refractivity (Wildman–Crippen MR) is 136 cm³/mol. The minimum Gasteiger partial charge on any atom is -0.354 e. The number of piperazine rings is 1. The van der Waals surface area contributed by atoms with Crippen molar-refractivity contribution in [3.8, 4) is 0 Å². The number of amides is 2. The Balaban J connectivity index is 1.50. The maximum Gasteiger partial charge on any atom is 0.232 e. The summed E-state index contributed by atoms with van der Waals surface area (Å²) in [5.74, 6) is 0.313. The van der Waals surface area contributed by atoms with Gasteiger partial charge in [-0.3, -0.25) is 9.59 Å². The van der Waals surface area contributed by atoms with Gasteiger partial charge in [-0.25, -0.2) is 9.37 Å². The van der Waals surface area contributed by atoms with Crippen molar-refractivity contribution in [2.75, 3.05) is 56.1 Å². The highest BCUT2D eigenvalue weighted by Crippen LogP contribution is 2.28. The summed E-state index contributed by atoms with van der Waals surface area (Å²) in [6.45, 7) is 10.9. The molecule has 8 heteroatoms. The van der Waals surface area contributed by atoms with Crippen molar-refractivity contribution >= 4 is 23.3 Å². The maximum atomic E-state index is 13.7. The number of likely N-dealkylation sites (N-methyl/N-ethyl adjacent to an activating group) is 1. The second kappa shape index (κ2) is 10.3. The Hall–Kier alpha value is -3.00. The number of aromatic nitrogens is 1. The summed E-state index contributed by atoms with van der Waals surface area (Å²) in [7, 11) is 2.12. The van der Waals surface area contributed by atoms with Crippen LogP contribution in [0.15, 0.2) is 42.6 Å². The number of pyridine rings is 1. The smallest absolute Gasteiger partial charge is 0.232 e.